The van der Waals surface area contributed by atoms with E-state index in [1.165, 1.54) is 26.0 Å². The molecular formula is C39H41N3O7S. The quantitative estimate of drug-likeness (QED) is 0.0473. The second-order valence-electron chi connectivity index (χ2n) is 11.0. The Bertz CT molecular complexity index is 1810. The summed E-state index contributed by atoms with van der Waals surface area (Å²) < 4.78 is 16.0. The average Bonchev–Trinajstić information content (AvgIpc) is 3.14. The molecular weight excluding hydrogens is 655 g/mol. The third-order valence-electron chi connectivity index (χ3n) is 7.40. The number of carbonyl (C=O) groups is 4. The van der Waals surface area contributed by atoms with Crippen molar-refractivity contribution in [2.24, 2.45) is 0 Å². The maximum atomic E-state index is 13.6. The molecule has 10 nitrogen and oxygen atoms in total. The Hall–Kier alpha value is -5.55. The molecule has 3 amide bonds. The number of rotatable bonds is 16. The van der Waals surface area contributed by atoms with E-state index in [4.69, 9.17) is 14.2 Å². The second kappa shape index (κ2) is 18.8. The van der Waals surface area contributed by atoms with Crippen LogP contribution in [0, 0.1) is 0 Å². The van der Waals surface area contributed by atoms with Gasteiger partial charge in [0, 0.05) is 21.8 Å². The fourth-order valence-electron chi connectivity index (χ4n) is 4.69. The molecule has 0 aromatic heterocycles. The van der Waals surface area contributed by atoms with Gasteiger partial charge in [0.1, 0.15) is 5.70 Å². The second-order valence-corrected chi connectivity index (χ2v) is 12.3. The zero-order chi connectivity index (χ0) is 35.9. The molecule has 0 bridgehead atoms. The van der Waals surface area contributed by atoms with Crippen molar-refractivity contribution in [3.05, 3.63) is 119 Å². The highest BCUT2D eigenvalue weighted by Crippen LogP contribution is 2.30. The van der Waals surface area contributed by atoms with Crippen molar-refractivity contribution in [2.75, 3.05) is 31.5 Å². The van der Waals surface area contributed by atoms with Crippen LogP contribution in [0.3, 0.4) is 0 Å². The number of hydrogen-bond donors (Lipinski definition) is 3. The van der Waals surface area contributed by atoms with Gasteiger partial charge in [0.2, 0.25) is 5.91 Å². The SMILES string of the molecule is CCCCOC(=O)c1ccc(NC(=O)C(CC)Sc2cccc(NC(=O)/C(=C\c3ccc(OC)c(OC)c3)NC(=O)c3ccccc3)c2)cc1. The van der Waals surface area contributed by atoms with E-state index in [0.29, 0.717) is 52.6 Å². The molecule has 11 heteroatoms. The molecule has 50 heavy (non-hydrogen) atoms. The lowest BCUT2D eigenvalue weighted by atomic mass is 10.1. The summed E-state index contributed by atoms with van der Waals surface area (Å²) in [5.74, 6) is -0.602. The van der Waals surface area contributed by atoms with E-state index in [2.05, 4.69) is 16.0 Å². The van der Waals surface area contributed by atoms with Crippen molar-refractivity contribution in [1.82, 2.24) is 5.32 Å². The number of ether oxygens (including phenoxy) is 3. The molecule has 4 aromatic rings. The van der Waals surface area contributed by atoms with E-state index in [9.17, 15) is 19.2 Å². The lowest BCUT2D eigenvalue weighted by Crippen LogP contribution is -2.30. The highest BCUT2D eigenvalue weighted by molar-refractivity contribution is 8.00. The first-order valence-corrected chi connectivity index (χ1v) is 17.1. The fourth-order valence-corrected chi connectivity index (χ4v) is 5.70. The standard InChI is InChI=1S/C39H41N3O7S/c1-5-7-22-49-39(46)28-17-19-29(20-18-28)40-38(45)35(6-2)50-31-15-11-14-30(25-31)41-37(44)32(42-36(43)27-12-9-8-10-13-27)23-26-16-21-33(47-3)34(24-26)48-4/h8-21,23-25,35H,5-7,22H2,1-4H3,(H,40,45)(H,41,44)(H,42,43)/b32-23+. The van der Waals surface area contributed by atoms with Gasteiger partial charge < -0.3 is 30.2 Å². The van der Waals surface area contributed by atoms with Crippen molar-refractivity contribution >= 4 is 52.9 Å². The lowest BCUT2D eigenvalue weighted by molar-refractivity contribution is -0.116. The number of methoxy groups -OCH3 is 2. The summed E-state index contributed by atoms with van der Waals surface area (Å²) in [6.07, 6.45) is 3.83. The lowest BCUT2D eigenvalue weighted by Gasteiger charge is -2.16. The molecule has 4 aromatic carbocycles. The number of amides is 3. The maximum Gasteiger partial charge on any atom is 0.338 e. The van der Waals surface area contributed by atoms with Gasteiger partial charge in [-0.05, 0) is 91.2 Å². The number of esters is 1. The Morgan fingerprint density at radius 1 is 0.760 bits per heavy atom. The summed E-state index contributed by atoms with van der Waals surface area (Å²) >= 11 is 1.36. The maximum absolute atomic E-state index is 13.6. The minimum atomic E-state index is -0.548. The summed E-state index contributed by atoms with van der Waals surface area (Å²) in [5.41, 5.74) is 2.46. The van der Waals surface area contributed by atoms with Crippen molar-refractivity contribution in [1.29, 1.82) is 0 Å². The molecule has 0 fully saturated rings. The zero-order valence-electron chi connectivity index (χ0n) is 28.5. The molecule has 0 saturated carbocycles. The fraction of sp³-hybridized carbons (Fsp3) is 0.231. The molecule has 0 spiro atoms. The highest BCUT2D eigenvalue weighted by atomic mass is 32.2. The van der Waals surface area contributed by atoms with E-state index < -0.39 is 23.0 Å². The minimum absolute atomic E-state index is 0.00943. The van der Waals surface area contributed by atoms with E-state index in [-0.39, 0.29) is 11.6 Å². The van der Waals surface area contributed by atoms with Gasteiger partial charge in [-0.25, -0.2) is 4.79 Å². The van der Waals surface area contributed by atoms with E-state index >= 15 is 0 Å². The van der Waals surface area contributed by atoms with Gasteiger partial charge >= 0.3 is 5.97 Å². The Balaban J connectivity index is 1.46. The van der Waals surface area contributed by atoms with Gasteiger partial charge in [-0.3, -0.25) is 14.4 Å². The Morgan fingerprint density at radius 2 is 1.50 bits per heavy atom. The van der Waals surface area contributed by atoms with Gasteiger partial charge in [-0.1, -0.05) is 50.6 Å². The van der Waals surface area contributed by atoms with E-state index in [1.54, 1.807) is 97.1 Å². The monoisotopic (exact) mass is 695 g/mol. The molecule has 0 aliphatic heterocycles. The molecule has 0 aliphatic carbocycles. The number of carbonyl (C=O) groups excluding carboxylic acids is 4. The van der Waals surface area contributed by atoms with Crippen LogP contribution in [-0.2, 0) is 14.3 Å². The summed E-state index contributed by atoms with van der Waals surface area (Å²) in [6.45, 7) is 4.31. The molecule has 4 rings (SSSR count). The Kier molecular flexibility index (Phi) is 14.1. The van der Waals surface area contributed by atoms with Crippen molar-refractivity contribution in [3.8, 4) is 11.5 Å². The summed E-state index contributed by atoms with van der Waals surface area (Å²) in [7, 11) is 3.04. The van der Waals surface area contributed by atoms with Gasteiger partial charge in [0.15, 0.2) is 11.5 Å². The number of anilines is 2. The Morgan fingerprint density at radius 3 is 2.18 bits per heavy atom. The van der Waals surface area contributed by atoms with Crippen molar-refractivity contribution in [2.45, 2.75) is 43.3 Å². The van der Waals surface area contributed by atoms with Crippen LogP contribution in [0.4, 0.5) is 11.4 Å². The third-order valence-corrected chi connectivity index (χ3v) is 8.76. The molecule has 1 atom stereocenters. The molecule has 260 valence electrons. The van der Waals surface area contributed by atoms with Crippen LogP contribution >= 0.6 is 11.8 Å². The summed E-state index contributed by atoms with van der Waals surface area (Å²) in [5, 5.41) is 8.09. The van der Waals surface area contributed by atoms with Crippen LogP contribution in [0.1, 0.15) is 59.4 Å². The first kappa shape index (κ1) is 37.3. The van der Waals surface area contributed by atoms with E-state index in [1.807, 2.05) is 19.9 Å². The predicted molar refractivity (Wildman–Crippen MR) is 197 cm³/mol. The topological polar surface area (TPSA) is 132 Å². The molecule has 0 radical (unpaired) electrons. The van der Waals surface area contributed by atoms with Crippen LogP contribution in [0.5, 0.6) is 11.5 Å². The summed E-state index contributed by atoms with van der Waals surface area (Å²) in [6, 6.07) is 27.5. The number of unbranched alkanes of at least 4 members (excludes halogenated alkanes) is 1. The molecule has 3 N–H and O–H groups in total. The largest absolute Gasteiger partial charge is 0.493 e. The number of nitrogens with one attached hydrogen (secondary N) is 3. The molecule has 0 heterocycles. The predicted octanol–water partition coefficient (Wildman–Crippen LogP) is 7.58. The van der Waals surface area contributed by atoms with Gasteiger partial charge in [0.05, 0.1) is 31.6 Å². The zero-order valence-corrected chi connectivity index (χ0v) is 29.3. The third kappa shape index (κ3) is 10.7. The van der Waals surface area contributed by atoms with Crippen LogP contribution < -0.4 is 25.4 Å². The van der Waals surface area contributed by atoms with Gasteiger partial charge in [0.25, 0.3) is 11.8 Å². The smallest absolute Gasteiger partial charge is 0.338 e. The number of benzene rings is 4. The highest BCUT2D eigenvalue weighted by Gasteiger charge is 2.20. The number of hydrogen-bond acceptors (Lipinski definition) is 8. The Labute approximate surface area is 296 Å². The normalized spacial score (nSPS) is 11.6. The van der Waals surface area contributed by atoms with Gasteiger partial charge in [-0.2, -0.15) is 0 Å². The molecule has 1 unspecified atom stereocenters. The first-order valence-electron chi connectivity index (χ1n) is 16.2. The van der Waals surface area contributed by atoms with Crippen molar-refractivity contribution < 1.29 is 33.4 Å². The van der Waals surface area contributed by atoms with Crippen LogP contribution in [0.15, 0.2) is 108 Å². The van der Waals surface area contributed by atoms with E-state index in [0.717, 1.165) is 17.7 Å². The molecule has 0 saturated heterocycles. The minimum Gasteiger partial charge on any atom is -0.493 e. The number of thioether (sulfide) groups is 1. The molecule has 0 aliphatic rings. The van der Waals surface area contributed by atoms with Gasteiger partial charge in [-0.15, -0.1) is 11.8 Å². The van der Waals surface area contributed by atoms with Crippen LogP contribution in [0.25, 0.3) is 6.08 Å². The summed E-state index contributed by atoms with van der Waals surface area (Å²) in [4.78, 5) is 52.9. The van der Waals surface area contributed by atoms with Crippen LogP contribution in [0.2, 0.25) is 0 Å². The van der Waals surface area contributed by atoms with Crippen LogP contribution in [-0.4, -0.2) is 49.8 Å². The van der Waals surface area contributed by atoms with Crippen molar-refractivity contribution in [3.63, 3.8) is 0 Å². The first-order chi connectivity index (χ1) is 24.2. The average molecular weight is 696 g/mol.